The Morgan fingerprint density at radius 1 is 1.13 bits per heavy atom. The molecule has 1 aliphatic heterocycles. The van der Waals surface area contributed by atoms with Crippen LogP contribution < -0.4 is 4.90 Å². The van der Waals surface area contributed by atoms with Crippen molar-refractivity contribution in [2.24, 2.45) is 5.92 Å². The van der Waals surface area contributed by atoms with Gasteiger partial charge in [-0.15, -0.1) is 0 Å². The predicted molar refractivity (Wildman–Crippen MR) is 121 cm³/mol. The Bertz CT molecular complexity index is 998. The number of carbonyl (C=O) groups is 3. The van der Waals surface area contributed by atoms with Crippen LogP contribution in [-0.4, -0.2) is 35.2 Å². The summed E-state index contributed by atoms with van der Waals surface area (Å²) in [5, 5.41) is 0.640. The summed E-state index contributed by atoms with van der Waals surface area (Å²) < 4.78 is 0. The maximum Gasteiger partial charge on any atom is 0.257 e. The Labute approximate surface area is 188 Å². The first kappa shape index (κ1) is 21.6. The highest BCUT2D eigenvalue weighted by atomic mass is 35.5. The molecule has 1 saturated carbocycles. The van der Waals surface area contributed by atoms with E-state index in [-0.39, 0.29) is 30.1 Å². The molecule has 1 aliphatic carbocycles. The number of carbonyl (C=O) groups excluding carboxylic acids is 3. The molecule has 0 radical (unpaired) electrons. The quantitative estimate of drug-likeness (QED) is 0.594. The molecular formula is C25H27ClN2O3. The molecule has 6 heteroatoms. The number of nitrogens with zero attached hydrogens (tertiary/aromatic N) is 2. The highest BCUT2D eigenvalue weighted by Gasteiger charge is 2.46. The van der Waals surface area contributed by atoms with Gasteiger partial charge >= 0.3 is 0 Å². The van der Waals surface area contributed by atoms with Crippen molar-refractivity contribution in [3.63, 3.8) is 0 Å². The van der Waals surface area contributed by atoms with Crippen LogP contribution in [-0.2, 0) is 20.8 Å². The highest BCUT2D eigenvalue weighted by Crippen LogP contribution is 2.34. The summed E-state index contributed by atoms with van der Waals surface area (Å²) in [5.74, 6) is -0.261. The lowest BCUT2D eigenvalue weighted by Crippen LogP contribution is -2.47. The molecule has 2 aromatic rings. The molecule has 1 heterocycles. The Hall–Kier alpha value is -2.66. The van der Waals surface area contributed by atoms with Gasteiger partial charge < -0.3 is 4.90 Å². The van der Waals surface area contributed by atoms with Gasteiger partial charge in [-0.25, -0.2) is 4.90 Å². The molecule has 3 amide bonds. The van der Waals surface area contributed by atoms with E-state index in [9.17, 15) is 14.4 Å². The lowest BCUT2D eigenvalue weighted by Gasteiger charge is -2.28. The van der Waals surface area contributed by atoms with Crippen LogP contribution in [0.25, 0.3) is 0 Å². The first-order valence-electron chi connectivity index (χ1n) is 10.9. The van der Waals surface area contributed by atoms with Crippen molar-refractivity contribution in [2.45, 2.75) is 51.5 Å². The standard InChI is InChI=1S/C25H27ClN2O3/c1-16(2)18-8-10-21(11-9-18)28-23(29)15-22(25(28)31)27(24(30)19-6-7-19)13-12-17-4-3-5-20(26)14-17/h3-5,8-11,14,16,19,22H,6-7,12-13,15H2,1-2H3. The molecule has 2 aromatic carbocycles. The second kappa shape index (κ2) is 8.83. The molecular weight excluding hydrogens is 412 g/mol. The second-order valence-electron chi connectivity index (χ2n) is 8.72. The van der Waals surface area contributed by atoms with Gasteiger partial charge in [-0.1, -0.05) is 49.7 Å². The van der Waals surface area contributed by atoms with Gasteiger partial charge in [0.1, 0.15) is 6.04 Å². The SMILES string of the molecule is CC(C)c1ccc(N2C(=O)CC(N(CCc3cccc(Cl)c3)C(=O)C3CC3)C2=O)cc1. The third-order valence-electron chi connectivity index (χ3n) is 6.06. The lowest BCUT2D eigenvalue weighted by atomic mass is 10.0. The Morgan fingerprint density at radius 2 is 1.84 bits per heavy atom. The fraction of sp³-hybridized carbons (Fsp3) is 0.400. The van der Waals surface area contributed by atoms with E-state index < -0.39 is 6.04 Å². The number of hydrogen-bond acceptors (Lipinski definition) is 3. The minimum atomic E-state index is -0.746. The van der Waals surface area contributed by atoms with Gasteiger partial charge in [0.15, 0.2) is 0 Å². The van der Waals surface area contributed by atoms with Crippen LogP contribution in [0.4, 0.5) is 5.69 Å². The van der Waals surface area contributed by atoms with Crippen molar-refractivity contribution >= 4 is 35.0 Å². The number of benzene rings is 2. The largest absolute Gasteiger partial charge is 0.330 e. The van der Waals surface area contributed by atoms with Crippen molar-refractivity contribution in [1.29, 1.82) is 0 Å². The van der Waals surface area contributed by atoms with Gasteiger partial charge in [0.25, 0.3) is 5.91 Å². The normalized spacial score (nSPS) is 18.7. The van der Waals surface area contributed by atoms with E-state index in [0.717, 1.165) is 24.0 Å². The minimum Gasteiger partial charge on any atom is -0.330 e. The Kier molecular flexibility index (Phi) is 6.15. The maximum absolute atomic E-state index is 13.3. The van der Waals surface area contributed by atoms with Crippen molar-refractivity contribution in [3.8, 4) is 0 Å². The monoisotopic (exact) mass is 438 g/mol. The summed E-state index contributed by atoms with van der Waals surface area (Å²) in [7, 11) is 0. The van der Waals surface area contributed by atoms with Gasteiger partial charge in [0.05, 0.1) is 12.1 Å². The third-order valence-corrected chi connectivity index (χ3v) is 6.29. The van der Waals surface area contributed by atoms with E-state index in [0.29, 0.717) is 29.6 Å². The number of rotatable bonds is 7. The first-order chi connectivity index (χ1) is 14.8. The predicted octanol–water partition coefficient (Wildman–Crippen LogP) is 4.58. The molecule has 31 heavy (non-hydrogen) atoms. The van der Waals surface area contributed by atoms with E-state index in [1.165, 1.54) is 4.90 Å². The van der Waals surface area contributed by atoms with Crippen molar-refractivity contribution in [1.82, 2.24) is 4.90 Å². The van der Waals surface area contributed by atoms with Gasteiger partial charge in [-0.3, -0.25) is 14.4 Å². The molecule has 0 N–H and O–H groups in total. The molecule has 0 spiro atoms. The molecule has 0 aromatic heterocycles. The maximum atomic E-state index is 13.3. The highest BCUT2D eigenvalue weighted by molar-refractivity contribution is 6.30. The van der Waals surface area contributed by atoms with E-state index in [1.54, 1.807) is 11.0 Å². The summed E-state index contributed by atoms with van der Waals surface area (Å²) in [6.07, 6.45) is 2.31. The van der Waals surface area contributed by atoms with Crippen LogP contribution in [0.3, 0.4) is 0 Å². The Balaban J connectivity index is 1.54. The van der Waals surface area contributed by atoms with Crippen molar-refractivity contribution in [2.75, 3.05) is 11.4 Å². The number of imide groups is 1. The summed E-state index contributed by atoms with van der Waals surface area (Å²) in [6.45, 7) is 4.58. The van der Waals surface area contributed by atoms with Crippen LogP contribution >= 0.6 is 11.6 Å². The number of anilines is 1. The van der Waals surface area contributed by atoms with Gasteiger partial charge in [-0.05, 0) is 60.6 Å². The average Bonchev–Trinajstić information content (AvgIpc) is 3.54. The lowest BCUT2D eigenvalue weighted by molar-refractivity contribution is -0.139. The zero-order valence-electron chi connectivity index (χ0n) is 17.9. The van der Waals surface area contributed by atoms with E-state index >= 15 is 0 Å². The van der Waals surface area contributed by atoms with Crippen molar-refractivity contribution < 1.29 is 14.4 Å². The number of hydrogen-bond donors (Lipinski definition) is 0. The zero-order chi connectivity index (χ0) is 22.1. The van der Waals surface area contributed by atoms with Gasteiger partial charge in [0.2, 0.25) is 11.8 Å². The van der Waals surface area contributed by atoms with E-state index in [2.05, 4.69) is 13.8 Å². The van der Waals surface area contributed by atoms with E-state index in [1.807, 2.05) is 42.5 Å². The number of amides is 3. The summed E-state index contributed by atoms with van der Waals surface area (Å²) >= 11 is 6.08. The average molecular weight is 439 g/mol. The first-order valence-corrected chi connectivity index (χ1v) is 11.2. The molecule has 2 aliphatic rings. The van der Waals surface area contributed by atoms with Crippen molar-refractivity contribution in [3.05, 3.63) is 64.7 Å². The van der Waals surface area contributed by atoms with Crippen LogP contribution in [0.5, 0.6) is 0 Å². The molecule has 1 unspecified atom stereocenters. The van der Waals surface area contributed by atoms with Gasteiger partial charge in [-0.2, -0.15) is 0 Å². The van der Waals surface area contributed by atoms with Crippen LogP contribution in [0, 0.1) is 5.92 Å². The van der Waals surface area contributed by atoms with Gasteiger partial charge in [0, 0.05) is 17.5 Å². The summed E-state index contributed by atoms with van der Waals surface area (Å²) in [5.41, 5.74) is 2.71. The zero-order valence-corrected chi connectivity index (χ0v) is 18.6. The fourth-order valence-electron chi connectivity index (χ4n) is 4.07. The molecule has 1 atom stereocenters. The Morgan fingerprint density at radius 3 is 2.45 bits per heavy atom. The topological polar surface area (TPSA) is 57.7 Å². The molecule has 1 saturated heterocycles. The molecule has 162 valence electrons. The van der Waals surface area contributed by atoms with Crippen LogP contribution in [0.1, 0.15) is 50.2 Å². The van der Waals surface area contributed by atoms with Crippen LogP contribution in [0.15, 0.2) is 48.5 Å². The number of halogens is 1. The summed E-state index contributed by atoms with van der Waals surface area (Å²) in [4.78, 5) is 42.0. The summed E-state index contributed by atoms with van der Waals surface area (Å²) in [6, 6.07) is 14.3. The second-order valence-corrected chi connectivity index (χ2v) is 9.16. The smallest absolute Gasteiger partial charge is 0.257 e. The minimum absolute atomic E-state index is 0.0230. The third kappa shape index (κ3) is 4.67. The van der Waals surface area contributed by atoms with Crippen LogP contribution in [0.2, 0.25) is 5.02 Å². The molecule has 0 bridgehead atoms. The van der Waals surface area contributed by atoms with E-state index in [4.69, 9.17) is 11.6 Å². The fourth-order valence-corrected chi connectivity index (χ4v) is 4.28. The molecule has 4 rings (SSSR count). The molecule has 5 nitrogen and oxygen atoms in total. The molecule has 2 fully saturated rings.